The molecule has 0 radical (unpaired) electrons. The van der Waals surface area contributed by atoms with Gasteiger partial charge >= 0.3 is 0 Å². The monoisotopic (exact) mass is 262 g/mol. The molecule has 1 aromatic heterocycles. The molecule has 1 rings (SSSR count). The summed E-state index contributed by atoms with van der Waals surface area (Å²) in [5.41, 5.74) is 0. The van der Waals surface area contributed by atoms with Crippen LogP contribution < -0.4 is 0 Å². The van der Waals surface area contributed by atoms with Crippen LogP contribution in [-0.4, -0.2) is 23.4 Å². The van der Waals surface area contributed by atoms with Crippen molar-refractivity contribution in [3.63, 3.8) is 0 Å². The minimum absolute atomic E-state index is 0.121. The standard InChI is InChI=1S/C9H15BrN2O2/c1-4-7(10)9-11-8(12-14-9)5-6(2)13-3/h6-7H,4-5H2,1-3H3. The Hall–Kier alpha value is -0.420. The molecular formula is C9H15BrN2O2. The summed E-state index contributed by atoms with van der Waals surface area (Å²) in [4.78, 5) is 4.42. The highest BCUT2D eigenvalue weighted by atomic mass is 79.9. The highest BCUT2D eigenvalue weighted by Gasteiger charge is 2.15. The van der Waals surface area contributed by atoms with Crippen LogP contribution in [0.3, 0.4) is 0 Å². The molecule has 2 unspecified atom stereocenters. The van der Waals surface area contributed by atoms with Crippen molar-refractivity contribution in [2.75, 3.05) is 7.11 Å². The lowest BCUT2D eigenvalue weighted by molar-refractivity contribution is 0.116. The minimum atomic E-state index is 0.121. The van der Waals surface area contributed by atoms with E-state index in [1.807, 2.05) is 6.92 Å². The van der Waals surface area contributed by atoms with Crippen LogP contribution in [0.5, 0.6) is 0 Å². The Bertz CT molecular complexity index is 278. The smallest absolute Gasteiger partial charge is 0.240 e. The van der Waals surface area contributed by atoms with E-state index in [1.165, 1.54) is 0 Å². The lowest BCUT2D eigenvalue weighted by Crippen LogP contribution is -2.09. The van der Waals surface area contributed by atoms with Crippen LogP contribution in [0.1, 0.15) is 36.8 Å². The van der Waals surface area contributed by atoms with Crippen LogP contribution in [0.25, 0.3) is 0 Å². The highest BCUT2D eigenvalue weighted by molar-refractivity contribution is 9.09. The predicted octanol–water partition coefficient (Wildman–Crippen LogP) is 2.49. The maximum absolute atomic E-state index is 5.12. The first-order valence-electron chi connectivity index (χ1n) is 4.66. The van der Waals surface area contributed by atoms with E-state index in [0.29, 0.717) is 18.1 Å². The lowest BCUT2D eigenvalue weighted by atomic mass is 10.3. The zero-order valence-corrected chi connectivity index (χ0v) is 10.2. The predicted molar refractivity (Wildman–Crippen MR) is 56.4 cm³/mol. The Morgan fingerprint density at radius 1 is 1.57 bits per heavy atom. The normalized spacial score (nSPS) is 15.4. The number of aromatic nitrogens is 2. The molecule has 0 saturated heterocycles. The molecular weight excluding hydrogens is 248 g/mol. The third kappa shape index (κ3) is 3.06. The van der Waals surface area contributed by atoms with Gasteiger partial charge in [-0.25, -0.2) is 0 Å². The summed E-state index contributed by atoms with van der Waals surface area (Å²) in [7, 11) is 1.67. The summed E-state index contributed by atoms with van der Waals surface area (Å²) in [6, 6.07) is 0. The first-order valence-corrected chi connectivity index (χ1v) is 5.58. The number of hydrogen-bond donors (Lipinski definition) is 0. The van der Waals surface area contributed by atoms with Gasteiger partial charge in [-0.1, -0.05) is 28.0 Å². The Labute approximate surface area is 92.2 Å². The zero-order chi connectivity index (χ0) is 10.6. The molecule has 0 aliphatic heterocycles. The van der Waals surface area contributed by atoms with Crippen LogP contribution >= 0.6 is 15.9 Å². The van der Waals surface area contributed by atoms with Gasteiger partial charge in [-0.3, -0.25) is 0 Å². The summed E-state index contributed by atoms with van der Waals surface area (Å²) in [5, 5.41) is 3.88. The van der Waals surface area contributed by atoms with Gasteiger partial charge in [0.2, 0.25) is 5.89 Å². The average molecular weight is 263 g/mol. The van der Waals surface area contributed by atoms with Gasteiger partial charge < -0.3 is 9.26 Å². The number of hydrogen-bond acceptors (Lipinski definition) is 4. The summed E-state index contributed by atoms with van der Waals surface area (Å²) in [6.45, 7) is 4.03. The molecule has 0 amide bonds. The number of rotatable bonds is 5. The van der Waals surface area contributed by atoms with Crippen LogP contribution in [0, 0.1) is 0 Å². The SMILES string of the molecule is CCC(Br)c1nc(CC(C)OC)no1. The first kappa shape index (κ1) is 11.7. The molecule has 1 heterocycles. The molecule has 5 heteroatoms. The van der Waals surface area contributed by atoms with Crippen LogP contribution in [-0.2, 0) is 11.2 Å². The number of alkyl halides is 1. The van der Waals surface area contributed by atoms with Gasteiger partial charge in [0.25, 0.3) is 0 Å². The quantitative estimate of drug-likeness (QED) is 0.766. The molecule has 4 nitrogen and oxygen atoms in total. The number of nitrogens with zero attached hydrogens (tertiary/aromatic N) is 2. The number of halogens is 1. The molecule has 0 aromatic carbocycles. The van der Waals surface area contributed by atoms with E-state index >= 15 is 0 Å². The maximum Gasteiger partial charge on any atom is 0.240 e. The van der Waals surface area contributed by atoms with Crippen molar-refractivity contribution >= 4 is 15.9 Å². The van der Waals surface area contributed by atoms with Crippen molar-refractivity contribution in [1.29, 1.82) is 0 Å². The van der Waals surface area contributed by atoms with Crippen LogP contribution in [0.4, 0.5) is 0 Å². The summed E-state index contributed by atoms with van der Waals surface area (Å²) in [6.07, 6.45) is 1.74. The number of methoxy groups -OCH3 is 1. The van der Waals surface area contributed by atoms with E-state index in [0.717, 1.165) is 6.42 Å². The second-order valence-corrected chi connectivity index (χ2v) is 4.28. The highest BCUT2D eigenvalue weighted by Crippen LogP contribution is 2.24. The second kappa shape index (κ2) is 5.46. The molecule has 2 atom stereocenters. The fourth-order valence-corrected chi connectivity index (χ4v) is 1.18. The first-order chi connectivity index (χ1) is 6.67. The summed E-state index contributed by atoms with van der Waals surface area (Å²) < 4.78 is 10.2. The fourth-order valence-electron chi connectivity index (χ4n) is 0.993. The molecule has 14 heavy (non-hydrogen) atoms. The fraction of sp³-hybridized carbons (Fsp3) is 0.778. The third-order valence-electron chi connectivity index (χ3n) is 1.98. The van der Waals surface area contributed by atoms with Gasteiger partial charge in [0.1, 0.15) is 0 Å². The Kier molecular flexibility index (Phi) is 4.54. The van der Waals surface area contributed by atoms with Gasteiger partial charge in [0, 0.05) is 13.5 Å². The third-order valence-corrected chi connectivity index (χ3v) is 3.02. The van der Waals surface area contributed by atoms with Crippen molar-refractivity contribution in [3.8, 4) is 0 Å². The van der Waals surface area contributed by atoms with Crippen molar-refractivity contribution in [3.05, 3.63) is 11.7 Å². The maximum atomic E-state index is 5.12. The van der Waals surface area contributed by atoms with Gasteiger partial charge in [0.05, 0.1) is 10.9 Å². The molecule has 0 fully saturated rings. The summed E-state index contributed by atoms with van der Waals surface area (Å²) >= 11 is 3.45. The molecule has 0 bridgehead atoms. The Balaban J connectivity index is 2.59. The molecule has 0 aliphatic carbocycles. The average Bonchev–Trinajstić information content (AvgIpc) is 2.65. The van der Waals surface area contributed by atoms with Crippen LogP contribution in [0.2, 0.25) is 0 Å². The van der Waals surface area contributed by atoms with E-state index in [9.17, 15) is 0 Å². The van der Waals surface area contributed by atoms with Crippen LogP contribution in [0.15, 0.2) is 4.52 Å². The van der Waals surface area contributed by atoms with Gasteiger partial charge in [-0.05, 0) is 13.3 Å². The zero-order valence-electron chi connectivity index (χ0n) is 8.66. The van der Waals surface area contributed by atoms with Crippen molar-refractivity contribution in [2.24, 2.45) is 0 Å². The van der Waals surface area contributed by atoms with Crippen molar-refractivity contribution in [2.45, 2.75) is 37.6 Å². The Morgan fingerprint density at radius 3 is 2.86 bits per heavy atom. The molecule has 0 saturated carbocycles. The van der Waals surface area contributed by atoms with E-state index in [-0.39, 0.29) is 10.9 Å². The molecule has 1 aromatic rings. The van der Waals surface area contributed by atoms with E-state index in [2.05, 4.69) is 33.0 Å². The minimum Gasteiger partial charge on any atom is -0.381 e. The van der Waals surface area contributed by atoms with Gasteiger partial charge in [-0.2, -0.15) is 4.98 Å². The van der Waals surface area contributed by atoms with Gasteiger partial charge in [-0.15, -0.1) is 0 Å². The number of ether oxygens (including phenoxy) is 1. The molecule has 0 N–H and O–H groups in total. The molecule has 80 valence electrons. The second-order valence-electron chi connectivity index (χ2n) is 3.18. The lowest BCUT2D eigenvalue weighted by Gasteiger charge is -2.04. The Morgan fingerprint density at radius 2 is 2.29 bits per heavy atom. The molecule has 0 aliphatic rings. The van der Waals surface area contributed by atoms with Crippen molar-refractivity contribution in [1.82, 2.24) is 10.1 Å². The topological polar surface area (TPSA) is 48.2 Å². The molecule has 0 spiro atoms. The van der Waals surface area contributed by atoms with E-state index in [4.69, 9.17) is 9.26 Å². The van der Waals surface area contributed by atoms with Crippen molar-refractivity contribution < 1.29 is 9.26 Å². The van der Waals surface area contributed by atoms with E-state index in [1.54, 1.807) is 7.11 Å². The van der Waals surface area contributed by atoms with Gasteiger partial charge in [0.15, 0.2) is 5.82 Å². The summed E-state index contributed by atoms with van der Waals surface area (Å²) in [5.74, 6) is 1.35. The largest absolute Gasteiger partial charge is 0.381 e. The van der Waals surface area contributed by atoms with E-state index < -0.39 is 0 Å².